The molecule has 0 fully saturated rings. The molecule has 0 unspecified atom stereocenters. The Balaban J connectivity index is 1.76. The van der Waals surface area contributed by atoms with E-state index in [-0.39, 0.29) is 5.91 Å². The summed E-state index contributed by atoms with van der Waals surface area (Å²) in [5, 5.41) is 10.5. The monoisotopic (exact) mass is 354 g/mol. The van der Waals surface area contributed by atoms with Crippen LogP contribution in [0.15, 0.2) is 15.9 Å². The third-order valence-corrected chi connectivity index (χ3v) is 4.99. The number of H-pyrrole nitrogens is 1. The molecule has 0 radical (unpaired) electrons. The summed E-state index contributed by atoms with van der Waals surface area (Å²) < 4.78 is 1.08. The van der Waals surface area contributed by atoms with E-state index >= 15 is 0 Å². The van der Waals surface area contributed by atoms with E-state index in [1.54, 1.807) is 16.2 Å². The second-order valence-corrected chi connectivity index (χ2v) is 7.37. The molecule has 5 nitrogen and oxygen atoms in total. The van der Waals surface area contributed by atoms with Gasteiger partial charge in [0.25, 0.3) is 5.91 Å². The Kier molecular flexibility index (Phi) is 3.91. The van der Waals surface area contributed by atoms with E-state index in [1.807, 2.05) is 19.2 Å². The predicted molar refractivity (Wildman–Crippen MR) is 81.8 cm³/mol. The summed E-state index contributed by atoms with van der Waals surface area (Å²) in [6.45, 7) is 2.25. The summed E-state index contributed by atoms with van der Waals surface area (Å²) in [6.07, 6.45) is 0.900. The van der Waals surface area contributed by atoms with E-state index in [1.165, 1.54) is 0 Å². The quantitative estimate of drug-likeness (QED) is 0.887. The number of nitrogens with zero attached hydrogens (tertiary/aromatic N) is 2. The molecule has 0 bridgehead atoms. The number of amides is 1. The van der Waals surface area contributed by atoms with E-state index in [0.29, 0.717) is 18.8 Å². The maximum Gasteiger partial charge on any atom is 0.274 e. The van der Waals surface area contributed by atoms with Gasteiger partial charge in [-0.05, 0) is 28.1 Å². The zero-order valence-corrected chi connectivity index (χ0v) is 13.5. The van der Waals surface area contributed by atoms with E-state index in [4.69, 9.17) is 0 Å². The number of carbonyl (C=O) groups is 1. The lowest BCUT2D eigenvalue weighted by atomic mass is 10.1. The highest BCUT2D eigenvalue weighted by atomic mass is 79.9. The number of halogens is 1. The molecular weight excluding hydrogens is 340 g/mol. The topological polar surface area (TPSA) is 61.0 Å². The number of rotatable bonds is 3. The van der Waals surface area contributed by atoms with Crippen LogP contribution in [-0.4, -0.2) is 34.6 Å². The average Bonchev–Trinajstić information content (AvgIpc) is 3.04. The summed E-state index contributed by atoms with van der Waals surface area (Å²) in [4.78, 5) is 15.4. The van der Waals surface area contributed by atoms with Crippen LogP contribution in [0.1, 0.15) is 26.6 Å². The van der Waals surface area contributed by atoms with Crippen LogP contribution < -0.4 is 5.32 Å². The Morgan fingerprint density at radius 3 is 3.15 bits per heavy atom. The van der Waals surface area contributed by atoms with Crippen LogP contribution in [0, 0.1) is 0 Å². The highest BCUT2D eigenvalue weighted by Gasteiger charge is 2.24. The van der Waals surface area contributed by atoms with Gasteiger partial charge in [-0.3, -0.25) is 9.89 Å². The lowest BCUT2D eigenvalue weighted by Crippen LogP contribution is -2.29. The van der Waals surface area contributed by atoms with Crippen LogP contribution in [0.5, 0.6) is 0 Å². The molecule has 1 aliphatic rings. The molecule has 0 aliphatic carbocycles. The standard InChI is InChI=1S/C13H15BrN4OS/c1-18(7-8-2-3-11(14)20-8)13(19)12-9-6-15-5-4-10(9)16-17-12/h2-3,15H,4-7H2,1H3,(H,16,17). The molecule has 2 N–H and O–H groups in total. The maximum atomic E-state index is 12.5. The maximum absolute atomic E-state index is 12.5. The largest absolute Gasteiger partial charge is 0.335 e. The van der Waals surface area contributed by atoms with Crippen molar-refractivity contribution < 1.29 is 4.79 Å². The average molecular weight is 355 g/mol. The summed E-state index contributed by atoms with van der Waals surface area (Å²) in [6, 6.07) is 4.03. The van der Waals surface area contributed by atoms with Gasteiger partial charge < -0.3 is 10.2 Å². The molecule has 0 aromatic carbocycles. The molecule has 2 aromatic rings. The van der Waals surface area contributed by atoms with Crippen molar-refractivity contribution in [2.45, 2.75) is 19.5 Å². The van der Waals surface area contributed by atoms with Crippen molar-refractivity contribution in [2.75, 3.05) is 13.6 Å². The third-order valence-electron chi connectivity index (χ3n) is 3.38. The summed E-state index contributed by atoms with van der Waals surface area (Å²) in [7, 11) is 1.81. The Morgan fingerprint density at radius 1 is 1.55 bits per heavy atom. The lowest BCUT2D eigenvalue weighted by Gasteiger charge is -2.17. The van der Waals surface area contributed by atoms with Gasteiger partial charge in [0.2, 0.25) is 0 Å². The SMILES string of the molecule is CN(Cc1ccc(Br)s1)C(=O)c1n[nH]c2c1CNCC2. The van der Waals surface area contributed by atoms with E-state index < -0.39 is 0 Å². The smallest absolute Gasteiger partial charge is 0.274 e. The highest BCUT2D eigenvalue weighted by Crippen LogP contribution is 2.24. The van der Waals surface area contributed by atoms with Gasteiger partial charge in [0.05, 0.1) is 10.3 Å². The molecule has 0 saturated heterocycles. The van der Waals surface area contributed by atoms with Gasteiger partial charge in [-0.2, -0.15) is 5.10 Å². The first-order valence-corrected chi connectivity index (χ1v) is 8.02. The molecule has 3 heterocycles. The minimum Gasteiger partial charge on any atom is -0.335 e. The number of thiophene rings is 1. The molecule has 0 atom stereocenters. The van der Waals surface area contributed by atoms with Crippen LogP contribution >= 0.6 is 27.3 Å². The Labute approximate surface area is 129 Å². The van der Waals surface area contributed by atoms with E-state index in [9.17, 15) is 4.79 Å². The molecule has 20 heavy (non-hydrogen) atoms. The second kappa shape index (κ2) is 5.67. The van der Waals surface area contributed by atoms with Crippen molar-refractivity contribution in [2.24, 2.45) is 0 Å². The molecule has 1 aliphatic heterocycles. The lowest BCUT2D eigenvalue weighted by molar-refractivity contribution is 0.0779. The fourth-order valence-electron chi connectivity index (χ4n) is 2.33. The first-order chi connectivity index (χ1) is 9.65. The zero-order chi connectivity index (χ0) is 14.1. The number of nitrogens with one attached hydrogen (secondary N) is 2. The minimum atomic E-state index is -0.0317. The summed E-state index contributed by atoms with van der Waals surface area (Å²) in [5.41, 5.74) is 2.64. The van der Waals surface area contributed by atoms with Crippen molar-refractivity contribution in [1.29, 1.82) is 0 Å². The fraction of sp³-hybridized carbons (Fsp3) is 0.385. The Bertz CT molecular complexity index is 636. The number of fused-ring (bicyclic) bond motifs is 1. The van der Waals surface area contributed by atoms with Crippen LogP contribution in [0.2, 0.25) is 0 Å². The second-order valence-electron chi connectivity index (χ2n) is 4.82. The molecule has 7 heteroatoms. The number of aromatic amines is 1. The van der Waals surface area contributed by atoms with Crippen LogP contribution in [-0.2, 0) is 19.5 Å². The fourth-order valence-corrected chi connectivity index (χ4v) is 3.86. The number of hydrogen-bond acceptors (Lipinski definition) is 4. The normalized spacial score (nSPS) is 14.1. The van der Waals surface area contributed by atoms with Gasteiger partial charge in [0.15, 0.2) is 5.69 Å². The first-order valence-electron chi connectivity index (χ1n) is 6.41. The molecule has 3 rings (SSSR count). The van der Waals surface area contributed by atoms with Crippen LogP contribution in [0.25, 0.3) is 0 Å². The van der Waals surface area contributed by atoms with Gasteiger partial charge in [0, 0.05) is 42.7 Å². The van der Waals surface area contributed by atoms with Gasteiger partial charge in [-0.15, -0.1) is 11.3 Å². The number of aromatic nitrogens is 2. The van der Waals surface area contributed by atoms with Crippen molar-refractivity contribution in [3.8, 4) is 0 Å². The van der Waals surface area contributed by atoms with Crippen LogP contribution in [0.4, 0.5) is 0 Å². The van der Waals surface area contributed by atoms with Crippen molar-refractivity contribution in [1.82, 2.24) is 20.4 Å². The van der Waals surface area contributed by atoms with Gasteiger partial charge in [0.1, 0.15) is 0 Å². The Morgan fingerprint density at radius 2 is 2.40 bits per heavy atom. The molecule has 0 saturated carbocycles. The van der Waals surface area contributed by atoms with Crippen molar-refractivity contribution in [3.05, 3.63) is 37.7 Å². The van der Waals surface area contributed by atoms with Gasteiger partial charge in [-0.25, -0.2) is 0 Å². The predicted octanol–water partition coefficient (Wildman–Crippen LogP) is 2.15. The molecular formula is C13H15BrN4OS. The number of hydrogen-bond donors (Lipinski definition) is 2. The number of carbonyl (C=O) groups excluding carboxylic acids is 1. The van der Waals surface area contributed by atoms with Crippen molar-refractivity contribution in [3.63, 3.8) is 0 Å². The third kappa shape index (κ3) is 2.65. The van der Waals surface area contributed by atoms with E-state index in [0.717, 1.165) is 32.9 Å². The molecule has 0 spiro atoms. The highest BCUT2D eigenvalue weighted by molar-refractivity contribution is 9.11. The van der Waals surface area contributed by atoms with E-state index in [2.05, 4.69) is 31.4 Å². The van der Waals surface area contributed by atoms with Gasteiger partial charge >= 0.3 is 0 Å². The molecule has 1 amide bonds. The zero-order valence-electron chi connectivity index (χ0n) is 11.1. The molecule has 106 valence electrons. The molecule has 2 aromatic heterocycles. The Hall–Kier alpha value is -1.18. The minimum absolute atomic E-state index is 0.0317. The summed E-state index contributed by atoms with van der Waals surface area (Å²) >= 11 is 5.08. The van der Waals surface area contributed by atoms with Crippen LogP contribution in [0.3, 0.4) is 0 Å². The van der Waals surface area contributed by atoms with Crippen molar-refractivity contribution >= 4 is 33.2 Å². The summed E-state index contributed by atoms with van der Waals surface area (Å²) in [5.74, 6) is -0.0317. The first kappa shape index (κ1) is 13.8. The van der Waals surface area contributed by atoms with Gasteiger partial charge in [-0.1, -0.05) is 0 Å².